The SMILES string of the molecule is CC(C)(C)OC(=O)c1ccc(NC(=O)CCCC(=O)On2c(O)ccc2O)cc1. The zero-order valence-corrected chi connectivity index (χ0v) is 16.5. The number of hydrogen-bond donors (Lipinski definition) is 3. The van der Waals surface area contributed by atoms with Crippen molar-refractivity contribution in [3.63, 3.8) is 0 Å². The second kappa shape index (κ2) is 9.13. The van der Waals surface area contributed by atoms with Gasteiger partial charge in [-0.05, 0) is 51.5 Å². The summed E-state index contributed by atoms with van der Waals surface area (Å²) in [7, 11) is 0. The van der Waals surface area contributed by atoms with Crippen molar-refractivity contribution in [2.24, 2.45) is 0 Å². The minimum Gasteiger partial charge on any atom is -0.492 e. The molecule has 156 valence electrons. The van der Waals surface area contributed by atoms with Crippen molar-refractivity contribution >= 4 is 23.5 Å². The van der Waals surface area contributed by atoms with Crippen LogP contribution in [0.3, 0.4) is 0 Å². The molecule has 1 amide bonds. The highest BCUT2D eigenvalue weighted by Crippen LogP contribution is 2.19. The van der Waals surface area contributed by atoms with Gasteiger partial charge in [0, 0.05) is 30.7 Å². The first kappa shape index (κ1) is 21.8. The molecule has 0 fully saturated rings. The Morgan fingerprint density at radius 2 is 1.55 bits per heavy atom. The molecule has 0 saturated heterocycles. The molecule has 0 unspecified atom stereocenters. The standard InChI is InChI=1S/C20H24N2O7/c1-20(2,3)28-19(27)13-7-9-14(10-8-13)21-15(23)5-4-6-18(26)29-22-16(24)11-12-17(22)25/h7-12,24-25H,4-6H2,1-3H3,(H,21,23). The van der Waals surface area contributed by atoms with Gasteiger partial charge in [0.1, 0.15) is 5.60 Å². The summed E-state index contributed by atoms with van der Waals surface area (Å²) in [5, 5.41) is 21.5. The van der Waals surface area contributed by atoms with Crippen LogP contribution in [0.1, 0.15) is 50.4 Å². The third-order valence-electron chi connectivity index (χ3n) is 3.58. The van der Waals surface area contributed by atoms with Crippen LogP contribution in [0.5, 0.6) is 11.8 Å². The number of hydrogen-bond acceptors (Lipinski definition) is 7. The van der Waals surface area contributed by atoms with Gasteiger partial charge in [-0.2, -0.15) is 0 Å². The van der Waals surface area contributed by atoms with E-state index in [0.717, 1.165) is 0 Å². The number of carbonyl (C=O) groups excluding carboxylic acids is 3. The van der Waals surface area contributed by atoms with Crippen LogP contribution in [0.15, 0.2) is 36.4 Å². The van der Waals surface area contributed by atoms with E-state index in [9.17, 15) is 24.6 Å². The van der Waals surface area contributed by atoms with E-state index < -0.39 is 29.3 Å². The van der Waals surface area contributed by atoms with Gasteiger partial charge < -0.3 is 25.1 Å². The number of anilines is 1. The second-order valence-electron chi connectivity index (χ2n) is 7.29. The summed E-state index contributed by atoms with van der Waals surface area (Å²) in [6, 6.07) is 8.62. The fraction of sp³-hybridized carbons (Fsp3) is 0.350. The van der Waals surface area contributed by atoms with E-state index in [-0.39, 0.29) is 25.2 Å². The maximum atomic E-state index is 12.0. The third-order valence-corrected chi connectivity index (χ3v) is 3.58. The molecule has 0 aliphatic carbocycles. The lowest BCUT2D eigenvalue weighted by molar-refractivity contribution is -0.145. The Labute approximate surface area is 167 Å². The topological polar surface area (TPSA) is 127 Å². The van der Waals surface area contributed by atoms with Crippen LogP contribution in [0.2, 0.25) is 0 Å². The number of carbonyl (C=O) groups is 3. The number of nitrogens with zero attached hydrogens (tertiary/aromatic N) is 1. The molecule has 0 bridgehead atoms. The van der Waals surface area contributed by atoms with Gasteiger partial charge in [-0.3, -0.25) is 4.79 Å². The van der Waals surface area contributed by atoms with Crippen molar-refractivity contribution < 1.29 is 34.2 Å². The molecule has 0 aliphatic rings. The molecule has 0 saturated carbocycles. The van der Waals surface area contributed by atoms with Gasteiger partial charge in [-0.25, -0.2) is 9.59 Å². The lowest BCUT2D eigenvalue weighted by Crippen LogP contribution is -2.23. The summed E-state index contributed by atoms with van der Waals surface area (Å²) in [6.45, 7) is 5.33. The van der Waals surface area contributed by atoms with Crippen molar-refractivity contribution in [3.05, 3.63) is 42.0 Å². The highest BCUT2D eigenvalue weighted by molar-refractivity contribution is 5.93. The van der Waals surface area contributed by atoms with Crippen LogP contribution in [0.25, 0.3) is 0 Å². The van der Waals surface area contributed by atoms with Crippen molar-refractivity contribution in [1.82, 2.24) is 4.73 Å². The maximum Gasteiger partial charge on any atom is 0.338 e. The molecule has 9 nitrogen and oxygen atoms in total. The van der Waals surface area contributed by atoms with E-state index in [1.54, 1.807) is 45.0 Å². The van der Waals surface area contributed by atoms with Crippen LogP contribution >= 0.6 is 0 Å². The van der Waals surface area contributed by atoms with Gasteiger partial charge >= 0.3 is 11.9 Å². The second-order valence-corrected chi connectivity index (χ2v) is 7.29. The largest absolute Gasteiger partial charge is 0.492 e. The molecule has 0 spiro atoms. The smallest absolute Gasteiger partial charge is 0.338 e. The van der Waals surface area contributed by atoms with Gasteiger partial charge in [0.15, 0.2) is 0 Å². The van der Waals surface area contributed by atoms with Crippen LogP contribution in [0.4, 0.5) is 5.69 Å². The first-order chi connectivity index (χ1) is 13.5. The Kier molecular flexibility index (Phi) is 6.87. The van der Waals surface area contributed by atoms with Crippen molar-refractivity contribution in [2.45, 2.75) is 45.6 Å². The Bertz CT molecular complexity index is 860. The van der Waals surface area contributed by atoms with Crippen LogP contribution in [-0.2, 0) is 14.3 Å². The van der Waals surface area contributed by atoms with Gasteiger partial charge in [0.25, 0.3) is 0 Å². The number of nitrogens with one attached hydrogen (secondary N) is 1. The molecule has 0 aliphatic heterocycles. The summed E-state index contributed by atoms with van der Waals surface area (Å²) in [4.78, 5) is 40.5. The summed E-state index contributed by atoms with van der Waals surface area (Å²) in [5.41, 5.74) is 0.286. The van der Waals surface area contributed by atoms with E-state index in [0.29, 0.717) is 16.0 Å². The first-order valence-corrected chi connectivity index (χ1v) is 8.99. The number of amides is 1. The molecule has 2 aromatic rings. The number of ether oxygens (including phenoxy) is 1. The number of benzene rings is 1. The van der Waals surface area contributed by atoms with Gasteiger partial charge in [-0.15, -0.1) is 4.73 Å². The van der Waals surface area contributed by atoms with Crippen molar-refractivity contribution in [1.29, 1.82) is 0 Å². The predicted octanol–water partition coefficient (Wildman–Crippen LogP) is 2.62. The minimum absolute atomic E-state index is 0.0621. The number of aromatic hydroxyl groups is 2. The molecule has 3 N–H and O–H groups in total. The molecule has 9 heteroatoms. The average Bonchev–Trinajstić information content (AvgIpc) is 2.93. The van der Waals surface area contributed by atoms with E-state index in [1.165, 1.54) is 12.1 Å². The number of aromatic nitrogens is 1. The number of rotatable bonds is 7. The minimum atomic E-state index is -0.707. The summed E-state index contributed by atoms with van der Waals surface area (Å²) >= 11 is 0. The lowest BCUT2D eigenvalue weighted by Gasteiger charge is -2.19. The Morgan fingerprint density at radius 3 is 2.10 bits per heavy atom. The zero-order valence-electron chi connectivity index (χ0n) is 16.5. The maximum absolute atomic E-state index is 12.0. The zero-order chi connectivity index (χ0) is 21.6. The fourth-order valence-electron chi connectivity index (χ4n) is 2.29. The van der Waals surface area contributed by atoms with E-state index in [2.05, 4.69) is 5.32 Å². The molecular formula is C20H24N2O7. The first-order valence-electron chi connectivity index (χ1n) is 8.99. The summed E-state index contributed by atoms with van der Waals surface area (Å²) < 4.78 is 5.86. The highest BCUT2D eigenvalue weighted by Gasteiger charge is 2.18. The van der Waals surface area contributed by atoms with Crippen LogP contribution in [-0.4, -0.2) is 38.4 Å². The molecule has 2 rings (SSSR count). The van der Waals surface area contributed by atoms with Gasteiger partial charge in [0.05, 0.1) is 5.56 Å². The van der Waals surface area contributed by atoms with Gasteiger partial charge in [0.2, 0.25) is 17.7 Å². The van der Waals surface area contributed by atoms with E-state index >= 15 is 0 Å². The van der Waals surface area contributed by atoms with Crippen molar-refractivity contribution in [2.75, 3.05) is 5.32 Å². The van der Waals surface area contributed by atoms with Crippen LogP contribution in [0, 0.1) is 0 Å². The quantitative estimate of drug-likeness (QED) is 0.605. The monoisotopic (exact) mass is 404 g/mol. The van der Waals surface area contributed by atoms with Gasteiger partial charge in [-0.1, -0.05) is 0 Å². The summed E-state index contributed by atoms with van der Waals surface area (Å²) in [5.74, 6) is -2.30. The molecule has 0 radical (unpaired) electrons. The normalized spacial score (nSPS) is 11.0. The van der Waals surface area contributed by atoms with Crippen LogP contribution < -0.4 is 10.2 Å². The Balaban J connectivity index is 1.76. The Hall–Kier alpha value is -3.49. The average molecular weight is 404 g/mol. The molecule has 0 atom stereocenters. The summed E-state index contributed by atoms with van der Waals surface area (Å²) in [6.07, 6.45) is 0.193. The fourth-order valence-corrected chi connectivity index (χ4v) is 2.29. The van der Waals surface area contributed by atoms with E-state index in [1.807, 2.05) is 0 Å². The number of esters is 1. The molecule has 29 heavy (non-hydrogen) atoms. The predicted molar refractivity (Wildman–Crippen MR) is 103 cm³/mol. The molecular weight excluding hydrogens is 380 g/mol. The Morgan fingerprint density at radius 1 is 0.966 bits per heavy atom. The van der Waals surface area contributed by atoms with E-state index in [4.69, 9.17) is 9.57 Å². The highest BCUT2D eigenvalue weighted by atomic mass is 16.7. The third kappa shape index (κ3) is 6.87. The van der Waals surface area contributed by atoms with Crippen molar-refractivity contribution in [3.8, 4) is 11.8 Å². The molecule has 1 heterocycles. The molecule has 1 aromatic carbocycles. The molecule has 1 aromatic heterocycles. The lowest BCUT2D eigenvalue weighted by atomic mass is 10.1.